The summed E-state index contributed by atoms with van der Waals surface area (Å²) in [5, 5.41) is 0. The Kier molecular flexibility index (Phi) is 17.1. The first-order valence-corrected chi connectivity index (χ1v) is 5.62. The zero-order valence-electron chi connectivity index (χ0n) is 8.29. The van der Waals surface area contributed by atoms with Gasteiger partial charge >= 0.3 is 29.6 Å². The standard InChI is InChI=1S/C7H16O3S.ClH.Na/c1-2-3-4-5-6-7-11(8,9)10;;/h2-7H2,1H3,(H,8,9,10);1H;/q;;+1/p-1. The van der Waals surface area contributed by atoms with Crippen molar-refractivity contribution in [2.24, 2.45) is 0 Å². The number of unbranched alkanes of at least 4 members (excludes halogenated alkanes) is 4. The van der Waals surface area contributed by atoms with Gasteiger partial charge in [-0.05, 0) is 6.42 Å². The van der Waals surface area contributed by atoms with E-state index in [1.165, 1.54) is 0 Å². The third-order valence-electron chi connectivity index (χ3n) is 1.51. The smallest absolute Gasteiger partial charge is 1.00 e. The van der Waals surface area contributed by atoms with Gasteiger partial charge in [-0.25, -0.2) is 0 Å². The van der Waals surface area contributed by atoms with Crippen molar-refractivity contribution in [2.75, 3.05) is 5.75 Å². The van der Waals surface area contributed by atoms with Crippen molar-refractivity contribution in [1.82, 2.24) is 0 Å². The van der Waals surface area contributed by atoms with Gasteiger partial charge in [0.1, 0.15) is 0 Å². The number of hydrogen-bond acceptors (Lipinski definition) is 2. The average Bonchev–Trinajstić information content (AvgIpc) is 1.85. The maximum Gasteiger partial charge on any atom is 1.00 e. The van der Waals surface area contributed by atoms with E-state index in [0.29, 0.717) is 6.42 Å². The Bertz CT molecular complexity index is 182. The summed E-state index contributed by atoms with van der Waals surface area (Å²) in [6.45, 7) is 2.10. The summed E-state index contributed by atoms with van der Waals surface area (Å²) in [5.74, 6) is -0.0866. The van der Waals surface area contributed by atoms with Gasteiger partial charge in [-0.1, -0.05) is 32.6 Å². The summed E-state index contributed by atoms with van der Waals surface area (Å²) in [5.41, 5.74) is 0. The number of hydrogen-bond donors (Lipinski definition) is 1. The Labute approximate surface area is 109 Å². The average molecular weight is 239 g/mol. The van der Waals surface area contributed by atoms with E-state index in [9.17, 15) is 8.42 Å². The predicted octanol–water partition coefficient (Wildman–Crippen LogP) is -4.15. The van der Waals surface area contributed by atoms with Crippen molar-refractivity contribution in [3.63, 3.8) is 0 Å². The van der Waals surface area contributed by atoms with Crippen molar-refractivity contribution >= 4 is 10.1 Å². The normalized spacial score (nSPS) is 10.0. The van der Waals surface area contributed by atoms with Crippen LogP contribution in [-0.2, 0) is 10.1 Å². The minimum atomic E-state index is -3.71. The molecule has 0 atom stereocenters. The molecule has 0 aromatic heterocycles. The van der Waals surface area contributed by atoms with Crippen LogP contribution >= 0.6 is 0 Å². The molecule has 6 heteroatoms. The maximum absolute atomic E-state index is 10.2. The van der Waals surface area contributed by atoms with Crippen LogP contribution in [0.3, 0.4) is 0 Å². The maximum atomic E-state index is 10.2. The first kappa shape index (κ1) is 19.7. The summed E-state index contributed by atoms with van der Waals surface area (Å²) in [7, 11) is -3.71. The minimum absolute atomic E-state index is 0. The molecule has 0 bridgehead atoms. The summed E-state index contributed by atoms with van der Waals surface area (Å²) in [6.07, 6.45) is 4.83. The van der Waals surface area contributed by atoms with E-state index in [1.54, 1.807) is 0 Å². The van der Waals surface area contributed by atoms with Gasteiger partial charge in [0.25, 0.3) is 10.1 Å². The molecule has 3 nitrogen and oxygen atoms in total. The molecule has 0 heterocycles. The number of rotatable bonds is 6. The second-order valence-corrected chi connectivity index (χ2v) is 4.27. The first-order valence-electron chi connectivity index (χ1n) is 4.01. The predicted molar refractivity (Wildman–Crippen MR) is 45.2 cm³/mol. The second-order valence-electron chi connectivity index (χ2n) is 2.70. The fourth-order valence-corrected chi connectivity index (χ4v) is 1.46. The third-order valence-corrected chi connectivity index (χ3v) is 2.31. The molecule has 0 aromatic carbocycles. The Hall–Kier alpha value is 1.20. The van der Waals surface area contributed by atoms with Crippen LogP contribution in [0, 0.1) is 0 Å². The van der Waals surface area contributed by atoms with Crippen LogP contribution in [0.15, 0.2) is 0 Å². The van der Waals surface area contributed by atoms with Crippen molar-refractivity contribution in [2.45, 2.75) is 39.0 Å². The summed E-state index contributed by atoms with van der Waals surface area (Å²) < 4.78 is 28.8. The molecule has 0 aliphatic heterocycles. The number of halogens is 1. The second kappa shape index (κ2) is 11.3. The third kappa shape index (κ3) is 19.6. The van der Waals surface area contributed by atoms with E-state index >= 15 is 0 Å². The summed E-state index contributed by atoms with van der Waals surface area (Å²) >= 11 is 0. The van der Waals surface area contributed by atoms with Gasteiger partial charge in [0.2, 0.25) is 0 Å². The van der Waals surface area contributed by atoms with Crippen LogP contribution < -0.4 is 42.0 Å². The fraction of sp³-hybridized carbons (Fsp3) is 1.00. The molecule has 0 rings (SSSR count). The molecule has 0 unspecified atom stereocenters. The molecule has 76 valence electrons. The molecule has 0 fully saturated rings. The molecule has 0 spiro atoms. The van der Waals surface area contributed by atoms with E-state index < -0.39 is 10.1 Å². The first-order chi connectivity index (χ1) is 5.06. The molecular formula is C7H16ClNaO3S. The Morgan fingerprint density at radius 2 is 1.54 bits per heavy atom. The van der Waals surface area contributed by atoms with E-state index in [4.69, 9.17) is 4.55 Å². The molecule has 0 aliphatic rings. The summed E-state index contributed by atoms with van der Waals surface area (Å²) in [6, 6.07) is 0. The van der Waals surface area contributed by atoms with Gasteiger partial charge in [-0.2, -0.15) is 8.42 Å². The molecular weight excluding hydrogens is 223 g/mol. The van der Waals surface area contributed by atoms with Crippen LogP contribution in [0.4, 0.5) is 0 Å². The Morgan fingerprint density at radius 3 is 1.92 bits per heavy atom. The largest absolute Gasteiger partial charge is 1.00 e. The summed E-state index contributed by atoms with van der Waals surface area (Å²) in [4.78, 5) is 0. The molecule has 0 aliphatic carbocycles. The van der Waals surface area contributed by atoms with Crippen molar-refractivity contribution in [3.05, 3.63) is 0 Å². The quantitative estimate of drug-likeness (QED) is 0.291. The van der Waals surface area contributed by atoms with Crippen LogP contribution in [0.25, 0.3) is 0 Å². The molecule has 0 amide bonds. The Morgan fingerprint density at radius 1 is 1.08 bits per heavy atom. The van der Waals surface area contributed by atoms with Crippen molar-refractivity contribution in [1.29, 1.82) is 0 Å². The van der Waals surface area contributed by atoms with Gasteiger partial charge in [0, 0.05) is 0 Å². The van der Waals surface area contributed by atoms with Gasteiger partial charge in [-0.3, -0.25) is 4.55 Å². The molecule has 0 radical (unpaired) electrons. The van der Waals surface area contributed by atoms with Crippen molar-refractivity contribution < 1.29 is 54.9 Å². The monoisotopic (exact) mass is 238 g/mol. The van der Waals surface area contributed by atoms with Crippen LogP contribution in [0.1, 0.15) is 39.0 Å². The van der Waals surface area contributed by atoms with E-state index in [-0.39, 0.29) is 47.7 Å². The molecule has 0 aromatic rings. The van der Waals surface area contributed by atoms with E-state index in [0.717, 1.165) is 25.7 Å². The molecule has 0 saturated heterocycles. The van der Waals surface area contributed by atoms with Gasteiger partial charge in [0.15, 0.2) is 0 Å². The van der Waals surface area contributed by atoms with E-state index in [1.807, 2.05) is 0 Å². The molecule has 13 heavy (non-hydrogen) atoms. The SMILES string of the molecule is CCCCCCCS(=O)(=O)O.[Cl-].[Na+]. The van der Waals surface area contributed by atoms with E-state index in [2.05, 4.69) is 6.92 Å². The fourth-order valence-electron chi connectivity index (χ4n) is 0.888. The van der Waals surface area contributed by atoms with Crippen LogP contribution in [0.2, 0.25) is 0 Å². The van der Waals surface area contributed by atoms with Crippen LogP contribution in [0.5, 0.6) is 0 Å². The zero-order valence-corrected chi connectivity index (χ0v) is 11.9. The van der Waals surface area contributed by atoms with Gasteiger partial charge in [0.05, 0.1) is 5.75 Å². The molecule has 1 N–H and O–H groups in total. The Balaban J connectivity index is -0.000000500. The van der Waals surface area contributed by atoms with Gasteiger partial charge in [-0.15, -0.1) is 0 Å². The van der Waals surface area contributed by atoms with Crippen molar-refractivity contribution in [3.8, 4) is 0 Å². The topological polar surface area (TPSA) is 54.4 Å². The molecule has 0 saturated carbocycles. The zero-order chi connectivity index (χ0) is 8.74. The van der Waals surface area contributed by atoms with Gasteiger partial charge < -0.3 is 12.4 Å². The van der Waals surface area contributed by atoms with Crippen LogP contribution in [-0.4, -0.2) is 18.7 Å². The minimum Gasteiger partial charge on any atom is -1.00 e.